The van der Waals surface area contributed by atoms with Crippen LogP contribution in [0.1, 0.15) is 25.7 Å². The van der Waals surface area contributed by atoms with Crippen LogP contribution in [-0.2, 0) is 0 Å². The topological polar surface area (TPSA) is 48.5 Å². The van der Waals surface area contributed by atoms with Gasteiger partial charge in [-0.2, -0.15) is 0 Å². The van der Waals surface area contributed by atoms with E-state index in [1.54, 1.807) is 0 Å². The summed E-state index contributed by atoms with van der Waals surface area (Å²) in [6, 6.07) is 4.76. The van der Waals surface area contributed by atoms with Gasteiger partial charge in [0.05, 0.1) is 0 Å². The average Bonchev–Trinajstić information content (AvgIpc) is 2.95. The molecule has 120 valence electrons. The molecule has 1 saturated carbocycles. The number of anilines is 1. The highest BCUT2D eigenvalue weighted by molar-refractivity contribution is 14.1. The fourth-order valence-electron chi connectivity index (χ4n) is 3.55. The first kappa shape index (κ1) is 15.8. The van der Waals surface area contributed by atoms with Gasteiger partial charge in [0.25, 0.3) is 0 Å². The summed E-state index contributed by atoms with van der Waals surface area (Å²) in [5.41, 5.74) is 0. The maximum Gasteiger partial charge on any atom is 0.317 e. The van der Waals surface area contributed by atoms with Gasteiger partial charge in [-0.1, -0.05) is 0 Å². The summed E-state index contributed by atoms with van der Waals surface area (Å²) in [7, 11) is 2.12. The molecule has 6 heteroatoms. The van der Waals surface area contributed by atoms with E-state index < -0.39 is 0 Å². The van der Waals surface area contributed by atoms with Crippen LogP contribution in [-0.4, -0.2) is 48.6 Å². The van der Waals surface area contributed by atoms with Crippen molar-refractivity contribution in [2.75, 3.05) is 31.6 Å². The van der Waals surface area contributed by atoms with Crippen LogP contribution in [0.2, 0.25) is 0 Å². The van der Waals surface area contributed by atoms with Crippen molar-refractivity contribution in [1.82, 2.24) is 15.2 Å². The van der Waals surface area contributed by atoms with Crippen molar-refractivity contribution in [3.05, 3.63) is 21.9 Å². The smallest absolute Gasteiger partial charge is 0.317 e. The maximum absolute atomic E-state index is 11.7. The van der Waals surface area contributed by atoms with Crippen LogP contribution in [0.15, 0.2) is 18.3 Å². The Kier molecular flexibility index (Phi) is 5.05. The van der Waals surface area contributed by atoms with Crippen LogP contribution in [0.25, 0.3) is 0 Å². The van der Waals surface area contributed by atoms with Crippen molar-refractivity contribution in [1.29, 1.82) is 0 Å². The molecule has 2 amide bonds. The Morgan fingerprint density at radius 3 is 2.73 bits per heavy atom. The second-order valence-corrected chi connectivity index (χ2v) is 7.56. The molecular formula is C16H23IN4O. The van der Waals surface area contributed by atoms with Crippen LogP contribution in [0.5, 0.6) is 0 Å². The van der Waals surface area contributed by atoms with E-state index in [1.807, 2.05) is 11.1 Å². The quantitative estimate of drug-likeness (QED) is 0.771. The highest BCUT2D eigenvalue weighted by Crippen LogP contribution is 2.29. The van der Waals surface area contributed by atoms with Gasteiger partial charge in [-0.15, -0.1) is 0 Å². The van der Waals surface area contributed by atoms with E-state index >= 15 is 0 Å². The Morgan fingerprint density at radius 2 is 2.14 bits per heavy atom. The summed E-state index contributed by atoms with van der Waals surface area (Å²) in [5.74, 6) is 1.74. The first-order chi connectivity index (χ1) is 10.6. The van der Waals surface area contributed by atoms with Crippen molar-refractivity contribution in [2.24, 2.45) is 5.92 Å². The number of nitrogens with zero attached hydrogens (tertiary/aromatic N) is 3. The molecule has 0 unspecified atom stereocenters. The summed E-state index contributed by atoms with van der Waals surface area (Å²) in [5, 5.41) is 2.91. The Morgan fingerprint density at radius 1 is 1.36 bits per heavy atom. The number of hydrogen-bond donors (Lipinski definition) is 1. The molecule has 1 aromatic heterocycles. The van der Waals surface area contributed by atoms with Crippen LogP contribution in [0.3, 0.4) is 0 Å². The van der Waals surface area contributed by atoms with E-state index in [-0.39, 0.29) is 6.03 Å². The molecular weight excluding hydrogens is 391 g/mol. The second-order valence-electron chi connectivity index (χ2n) is 6.32. The first-order valence-electron chi connectivity index (χ1n) is 8.00. The Bertz CT molecular complexity index is 513. The molecule has 0 atom stereocenters. The fourth-order valence-corrected chi connectivity index (χ4v) is 3.87. The highest BCUT2D eigenvalue weighted by Gasteiger charge is 2.31. The van der Waals surface area contributed by atoms with E-state index in [4.69, 9.17) is 0 Å². The average molecular weight is 414 g/mol. The fraction of sp³-hybridized carbons (Fsp3) is 0.625. The van der Waals surface area contributed by atoms with Crippen molar-refractivity contribution in [3.8, 4) is 0 Å². The van der Waals surface area contributed by atoms with Crippen LogP contribution < -0.4 is 10.2 Å². The maximum atomic E-state index is 11.7. The van der Waals surface area contributed by atoms with E-state index in [0.29, 0.717) is 12.0 Å². The van der Waals surface area contributed by atoms with Gasteiger partial charge < -0.3 is 15.1 Å². The Hall–Kier alpha value is -1.05. The summed E-state index contributed by atoms with van der Waals surface area (Å²) in [4.78, 5) is 20.5. The number of rotatable bonds is 4. The van der Waals surface area contributed by atoms with Crippen LogP contribution in [0.4, 0.5) is 10.6 Å². The van der Waals surface area contributed by atoms with Crippen molar-refractivity contribution < 1.29 is 4.79 Å². The lowest BCUT2D eigenvalue weighted by Gasteiger charge is -2.35. The molecule has 1 N–H and O–H groups in total. The molecule has 2 aliphatic rings. The zero-order chi connectivity index (χ0) is 15.5. The van der Waals surface area contributed by atoms with Crippen molar-refractivity contribution >= 4 is 34.4 Å². The van der Waals surface area contributed by atoms with E-state index in [2.05, 4.69) is 57.0 Å². The normalized spacial score (nSPS) is 25.2. The van der Waals surface area contributed by atoms with Gasteiger partial charge in [0.2, 0.25) is 0 Å². The standard InChI is InChI=1S/C16H23IN4O/c1-20(15-7-4-13(17)10-19-15)11-12-2-5-14(6-3-12)21-9-8-18-16(21)22/h4,7,10,12,14H,2-3,5-6,8-9,11H2,1H3,(H,18,22)/t12-,14-. The van der Waals surface area contributed by atoms with Gasteiger partial charge in [0.15, 0.2) is 0 Å². The largest absolute Gasteiger partial charge is 0.359 e. The molecule has 1 aliphatic carbocycles. The zero-order valence-corrected chi connectivity index (χ0v) is 15.1. The third kappa shape index (κ3) is 3.64. The number of carbonyl (C=O) groups excluding carboxylic acids is 1. The monoisotopic (exact) mass is 414 g/mol. The lowest BCUT2D eigenvalue weighted by atomic mass is 9.85. The second kappa shape index (κ2) is 7.02. The number of pyridine rings is 1. The molecule has 0 radical (unpaired) electrons. The predicted octanol–water partition coefficient (Wildman–Crippen LogP) is 2.71. The Labute approximate surface area is 145 Å². The van der Waals surface area contributed by atoms with Crippen LogP contribution in [0, 0.1) is 9.49 Å². The SMILES string of the molecule is CN(C[C@H]1CC[C@H](N2CCNC2=O)CC1)c1ccc(I)cn1. The summed E-state index contributed by atoms with van der Waals surface area (Å²) in [6.45, 7) is 2.73. The number of hydrogen-bond acceptors (Lipinski definition) is 3. The van der Waals surface area contributed by atoms with Crippen LogP contribution >= 0.6 is 22.6 Å². The highest BCUT2D eigenvalue weighted by atomic mass is 127. The van der Waals surface area contributed by atoms with Gasteiger partial charge in [-0.25, -0.2) is 9.78 Å². The van der Waals surface area contributed by atoms with Gasteiger partial charge in [0, 0.05) is 42.5 Å². The number of carbonyl (C=O) groups is 1. The summed E-state index contributed by atoms with van der Waals surface area (Å²) < 4.78 is 1.17. The molecule has 0 bridgehead atoms. The molecule has 2 fully saturated rings. The zero-order valence-electron chi connectivity index (χ0n) is 13.0. The van der Waals surface area contributed by atoms with Gasteiger partial charge in [0.1, 0.15) is 5.82 Å². The first-order valence-corrected chi connectivity index (χ1v) is 9.08. The Balaban J connectivity index is 1.49. The lowest BCUT2D eigenvalue weighted by Crippen LogP contribution is -2.41. The van der Waals surface area contributed by atoms with Crippen molar-refractivity contribution in [2.45, 2.75) is 31.7 Å². The molecule has 0 spiro atoms. The van der Waals surface area contributed by atoms with E-state index in [0.717, 1.165) is 38.3 Å². The minimum Gasteiger partial charge on any atom is -0.359 e. The van der Waals surface area contributed by atoms with Gasteiger partial charge in [-0.05, 0) is 66.3 Å². The lowest BCUT2D eigenvalue weighted by molar-refractivity contribution is 0.166. The van der Waals surface area contributed by atoms with Gasteiger partial charge in [-0.3, -0.25) is 0 Å². The number of aromatic nitrogens is 1. The summed E-state index contributed by atoms with van der Waals surface area (Å²) in [6.07, 6.45) is 6.57. The third-order valence-corrected chi connectivity index (χ3v) is 5.42. The summed E-state index contributed by atoms with van der Waals surface area (Å²) >= 11 is 2.28. The molecule has 2 heterocycles. The van der Waals surface area contributed by atoms with E-state index in [1.165, 1.54) is 16.4 Å². The predicted molar refractivity (Wildman–Crippen MR) is 96.1 cm³/mol. The van der Waals surface area contributed by atoms with Gasteiger partial charge >= 0.3 is 6.03 Å². The molecule has 3 rings (SSSR count). The number of amides is 2. The molecule has 1 aliphatic heterocycles. The minimum atomic E-state index is 0.128. The number of halogens is 1. The minimum absolute atomic E-state index is 0.128. The molecule has 5 nitrogen and oxygen atoms in total. The molecule has 1 saturated heterocycles. The number of urea groups is 1. The molecule has 22 heavy (non-hydrogen) atoms. The van der Waals surface area contributed by atoms with E-state index in [9.17, 15) is 4.79 Å². The number of nitrogens with one attached hydrogen (secondary N) is 1. The van der Waals surface area contributed by atoms with Crippen molar-refractivity contribution in [3.63, 3.8) is 0 Å². The molecule has 0 aromatic carbocycles. The molecule has 1 aromatic rings. The third-order valence-electron chi connectivity index (χ3n) is 4.78.